The zero-order valence-corrected chi connectivity index (χ0v) is 14.1. The Morgan fingerprint density at radius 1 is 1.24 bits per heavy atom. The normalized spacial score (nSPS) is 17.9. The first-order valence-corrected chi connectivity index (χ1v) is 8.18. The Morgan fingerprint density at radius 2 is 1.96 bits per heavy atom. The molecule has 0 bridgehead atoms. The summed E-state index contributed by atoms with van der Waals surface area (Å²) in [6.45, 7) is 2.39. The molecule has 5 nitrogen and oxygen atoms in total. The second-order valence-corrected chi connectivity index (χ2v) is 6.03. The molecule has 1 fully saturated rings. The van der Waals surface area contributed by atoms with E-state index in [1.165, 1.54) is 24.3 Å². The fraction of sp³-hybridized carbons (Fsp3) is 0.316. The molecule has 0 radical (unpaired) electrons. The number of amides is 1. The number of hydrogen-bond acceptors (Lipinski definition) is 4. The highest BCUT2D eigenvalue weighted by molar-refractivity contribution is 5.91. The number of benzene rings is 2. The number of rotatable bonds is 5. The lowest BCUT2D eigenvalue weighted by Gasteiger charge is -2.30. The van der Waals surface area contributed by atoms with E-state index < -0.39 is 0 Å². The molecule has 1 atom stereocenters. The minimum atomic E-state index is -0.343. The largest absolute Gasteiger partial charge is 0.484 e. The molecule has 1 heterocycles. The lowest BCUT2D eigenvalue weighted by Crippen LogP contribution is -2.35. The molecule has 3 rings (SSSR count). The summed E-state index contributed by atoms with van der Waals surface area (Å²) in [4.78, 5) is 14.2. The summed E-state index contributed by atoms with van der Waals surface area (Å²) in [5.74, 6) is -0.166. The molecule has 2 aromatic rings. The first-order chi connectivity index (χ1) is 12.1. The molecular weight excluding hydrogens is 323 g/mol. The van der Waals surface area contributed by atoms with Gasteiger partial charge in [0, 0.05) is 18.8 Å². The number of hydrogen-bond donors (Lipinski definition) is 1. The SMILES string of the molecule is CN1CCOC(c2ccc(NC(=O)COc3ccc(F)cc3)cc2)C1. The van der Waals surface area contributed by atoms with Crippen molar-refractivity contribution >= 4 is 11.6 Å². The van der Waals surface area contributed by atoms with Crippen LogP contribution in [0.5, 0.6) is 5.75 Å². The van der Waals surface area contributed by atoms with Crippen molar-refractivity contribution < 1.29 is 18.7 Å². The van der Waals surface area contributed by atoms with Crippen molar-refractivity contribution in [1.29, 1.82) is 0 Å². The van der Waals surface area contributed by atoms with Crippen molar-refractivity contribution in [3.63, 3.8) is 0 Å². The number of nitrogens with zero attached hydrogens (tertiary/aromatic N) is 1. The summed E-state index contributed by atoms with van der Waals surface area (Å²) in [5.41, 5.74) is 1.78. The van der Waals surface area contributed by atoms with Gasteiger partial charge in [0.15, 0.2) is 6.61 Å². The number of carbonyl (C=O) groups is 1. The summed E-state index contributed by atoms with van der Waals surface area (Å²) in [6.07, 6.45) is 0.0605. The number of ether oxygens (including phenoxy) is 2. The average Bonchev–Trinajstić information content (AvgIpc) is 2.62. The van der Waals surface area contributed by atoms with Crippen LogP contribution in [0.4, 0.5) is 10.1 Å². The smallest absolute Gasteiger partial charge is 0.262 e. The van der Waals surface area contributed by atoms with Gasteiger partial charge < -0.3 is 19.7 Å². The van der Waals surface area contributed by atoms with Gasteiger partial charge in [-0.3, -0.25) is 4.79 Å². The molecule has 0 aliphatic carbocycles. The zero-order chi connectivity index (χ0) is 17.6. The van der Waals surface area contributed by atoms with Crippen LogP contribution in [0.2, 0.25) is 0 Å². The van der Waals surface area contributed by atoms with Crippen LogP contribution in [0.15, 0.2) is 48.5 Å². The van der Waals surface area contributed by atoms with Crippen LogP contribution >= 0.6 is 0 Å². The van der Waals surface area contributed by atoms with E-state index in [0.29, 0.717) is 11.4 Å². The van der Waals surface area contributed by atoms with Gasteiger partial charge in [-0.15, -0.1) is 0 Å². The fourth-order valence-corrected chi connectivity index (χ4v) is 2.64. The molecule has 2 aromatic carbocycles. The molecule has 132 valence electrons. The number of carbonyl (C=O) groups excluding carboxylic acids is 1. The number of nitrogens with one attached hydrogen (secondary N) is 1. The molecule has 1 aliphatic rings. The van der Waals surface area contributed by atoms with Crippen LogP contribution in [0.3, 0.4) is 0 Å². The molecule has 0 saturated carbocycles. The zero-order valence-electron chi connectivity index (χ0n) is 14.1. The second-order valence-electron chi connectivity index (χ2n) is 6.03. The Morgan fingerprint density at radius 3 is 2.64 bits per heavy atom. The van der Waals surface area contributed by atoms with E-state index in [4.69, 9.17) is 9.47 Å². The third kappa shape index (κ3) is 5.01. The summed E-state index contributed by atoms with van der Waals surface area (Å²) < 4.78 is 23.9. The van der Waals surface area contributed by atoms with Crippen LogP contribution in [0, 0.1) is 5.82 Å². The van der Waals surface area contributed by atoms with E-state index in [1.807, 2.05) is 24.3 Å². The summed E-state index contributed by atoms with van der Waals surface area (Å²) in [7, 11) is 2.07. The molecule has 1 aliphatic heterocycles. The molecule has 1 N–H and O–H groups in total. The van der Waals surface area contributed by atoms with Gasteiger partial charge in [0.2, 0.25) is 0 Å². The van der Waals surface area contributed by atoms with Crippen molar-refractivity contribution in [3.05, 3.63) is 59.9 Å². The molecule has 25 heavy (non-hydrogen) atoms. The molecule has 1 amide bonds. The number of morpholine rings is 1. The topological polar surface area (TPSA) is 50.8 Å². The highest BCUT2D eigenvalue weighted by atomic mass is 19.1. The number of anilines is 1. The number of likely N-dealkylation sites (N-methyl/N-ethyl adjacent to an activating group) is 1. The highest BCUT2D eigenvalue weighted by Crippen LogP contribution is 2.23. The van der Waals surface area contributed by atoms with Crippen LogP contribution in [0.25, 0.3) is 0 Å². The quantitative estimate of drug-likeness (QED) is 0.906. The standard InChI is InChI=1S/C19H21FN2O3/c1-22-10-11-24-18(12-22)14-2-6-16(7-3-14)21-19(23)13-25-17-8-4-15(20)5-9-17/h2-9,18H,10-13H2,1H3,(H,21,23). The third-order valence-corrected chi connectivity index (χ3v) is 4.02. The van der Waals surface area contributed by atoms with Crippen LogP contribution < -0.4 is 10.1 Å². The minimum Gasteiger partial charge on any atom is -0.484 e. The van der Waals surface area contributed by atoms with E-state index in [2.05, 4.69) is 17.3 Å². The Hall–Kier alpha value is -2.44. The molecule has 1 unspecified atom stereocenters. The Balaban J connectivity index is 1.50. The van der Waals surface area contributed by atoms with E-state index in [1.54, 1.807) is 0 Å². The van der Waals surface area contributed by atoms with Crippen molar-refractivity contribution in [1.82, 2.24) is 4.90 Å². The van der Waals surface area contributed by atoms with E-state index in [0.717, 1.165) is 25.3 Å². The first kappa shape index (κ1) is 17.4. The van der Waals surface area contributed by atoms with Gasteiger partial charge in [-0.25, -0.2) is 4.39 Å². The molecule has 0 spiro atoms. The van der Waals surface area contributed by atoms with Gasteiger partial charge in [0.05, 0.1) is 12.7 Å². The maximum absolute atomic E-state index is 12.8. The van der Waals surface area contributed by atoms with Crippen LogP contribution in [-0.4, -0.2) is 44.2 Å². The molecular formula is C19H21FN2O3. The van der Waals surface area contributed by atoms with Crippen molar-refractivity contribution in [2.24, 2.45) is 0 Å². The third-order valence-electron chi connectivity index (χ3n) is 4.02. The maximum atomic E-state index is 12.8. The van der Waals surface area contributed by atoms with Gasteiger partial charge in [-0.05, 0) is 49.0 Å². The van der Waals surface area contributed by atoms with E-state index in [-0.39, 0.29) is 24.4 Å². The average molecular weight is 344 g/mol. The Kier molecular flexibility index (Phi) is 5.63. The van der Waals surface area contributed by atoms with Gasteiger partial charge in [-0.2, -0.15) is 0 Å². The van der Waals surface area contributed by atoms with Crippen molar-refractivity contribution in [2.45, 2.75) is 6.10 Å². The second kappa shape index (κ2) is 8.09. The summed E-state index contributed by atoms with van der Waals surface area (Å²) in [6, 6.07) is 13.2. The van der Waals surface area contributed by atoms with Crippen molar-refractivity contribution in [2.75, 3.05) is 38.7 Å². The maximum Gasteiger partial charge on any atom is 0.262 e. The van der Waals surface area contributed by atoms with Crippen LogP contribution in [0.1, 0.15) is 11.7 Å². The molecule has 6 heteroatoms. The van der Waals surface area contributed by atoms with Gasteiger partial charge >= 0.3 is 0 Å². The first-order valence-electron chi connectivity index (χ1n) is 8.18. The predicted octanol–water partition coefficient (Wildman–Crippen LogP) is 2.85. The monoisotopic (exact) mass is 344 g/mol. The van der Waals surface area contributed by atoms with Gasteiger partial charge in [0.25, 0.3) is 5.91 Å². The molecule has 0 aromatic heterocycles. The predicted molar refractivity (Wildman–Crippen MR) is 93.2 cm³/mol. The van der Waals surface area contributed by atoms with E-state index in [9.17, 15) is 9.18 Å². The lowest BCUT2D eigenvalue weighted by molar-refractivity contribution is -0.118. The molecule has 1 saturated heterocycles. The lowest BCUT2D eigenvalue weighted by atomic mass is 10.1. The number of halogens is 1. The highest BCUT2D eigenvalue weighted by Gasteiger charge is 2.19. The van der Waals surface area contributed by atoms with Crippen molar-refractivity contribution in [3.8, 4) is 5.75 Å². The summed E-state index contributed by atoms with van der Waals surface area (Å²) in [5, 5.41) is 2.77. The Bertz CT molecular complexity index is 704. The van der Waals surface area contributed by atoms with Gasteiger partial charge in [-0.1, -0.05) is 12.1 Å². The Labute approximate surface area is 146 Å². The minimum absolute atomic E-state index is 0.0605. The van der Waals surface area contributed by atoms with E-state index >= 15 is 0 Å². The fourth-order valence-electron chi connectivity index (χ4n) is 2.64. The van der Waals surface area contributed by atoms with Gasteiger partial charge in [0.1, 0.15) is 11.6 Å². The van der Waals surface area contributed by atoms with Crippen LogP contribution in [-0.2, 0) is 9.53 Å². The summed E-state index contributed by atoms with van der Waals surface area (Å²) >= 11 is 0.